The van der Waals surface area contributed by atoms with Crippen LogP contribution in [0.5, 0.6) is 0 Å². The molecule has 1 heterocycles. The summed E-state index contributed by atoms with van der Waals surface area (Å²) < 4.78 is 32.0. The molecule has 1 fully saturated rings. The number of benzene rings is 2. The Kier molecular flexibility index (Phi) is 5.72. The van der Waals surface area contributed by atoms with Gasteiger partial charge in [-0.3, -0.25) is 9.59 Å². The van der Waals surface area contributed by atoms with Gasteiger partial charge in [0.05, 0.1) is 4.90 Å². The maximum atomic E-state index is 12.9. The fourth-order valence-corrected chi connectivity index (χ4v) is 4.70. The Hall–Kier alpha value is -2.51. The fraction of sp³-hybridized carbons (Fsp3) is 0.300. The van der Waals surface area contributed by atoms with Crippen LogP contribution in [0, 0.1) is 6.92 Å². The zero-order valence-corrected chi connectivity index (χ0v) is 15.8. The highest BCUT2D eigenvalue weighted by atomic mass is 32.2. The third kappa shape index (κ3) is 4.26. The number of nitrogens with zero attached hydrogens (tertiary/aromatic N) is 1. The predicted molar refractivity (Wildman–Crippen MR) is 99.8 cm³/mol. The number of sulfonamides is 1. The van der Waals surface area contributed by atoms with Gasteiger partial charge in [-0.05, 0) is 31.9 Å². The summed E-state index contributed by atoms with van der Waals surface area (Å²) in [5.41, 5.74) is 1.40. The minimum Gasteiger partial charge on any atom is -0.456 e. The summed E-state index contributed by atoms with van der Waals surface area (Å²) in [7, 11) is -3.79. The average molecular weight is 387 g/mol. The van der Waals surface area contributed by atoms with Crippen molar-refractivity contribution in [1.82, 2.24) is 4.31 Å². The molecule has 3 rings (SSSR count). The molecular weight excluding hydrogens is 366 g/mol. The number of Topliss-reactive ketones (excluding diaryl/α,β-unsaturated/α-hetero) is 1. The molecule has 0 amide bonds. The van der Waals surface area contributed by atoms with Crippen LogP contribution in [0.1, 0.15) is 28.8 Å². The molecule has 0 saturated carbocycles. The average Bonchev–Trinajstić information content (AvgIpc) is 3.18. The van der Waals surface area contributed by atoms with Crippen LogP contribution in [-0.4, -0.2) is 43.7 Å². The number of ketones is 1. The van der Waals surface area contributed by atoms with E-state index >= 15 is 0 Å². The van der Waals surface area contributed by atoms with E-state index in [1.807, 2.05) is 6.92 Å². The maximum Gasteiger partial charge on any atom is 0.324 e. The Bertz CT molecular complexity index is 923. The number of hydrogen-bond acceptors (Lipinski definition) is 5. The minimum absolute atomic E-state index is 0.146. The number of ether oxygens (including phenoxy) is 1. The van der Waals surface area contributed by atoms with Crippen molar-refractivity contribution in [2.45, 2.75) is 30.7 Å². The van der Waals surface area contributed by atoms with E-state index in [4.69, 9.17) is 4.74 Å². The summed E-state index contributed by atoms with van der Waals surface area (Å²) in [6.07, 6.45) is 0.945. The second-order valence-corrected chi connectivity index (χ2v) is 8.37. The molecular formula is C20H21NO5S. The van der Waals surface area contributed by atoms with Crippen LogP contribution in [0.4, 0.5) is 0 Å². The normalized spacial score (nSPS) is 17.6. The summed E-state index contributed by atoms with van der Waals surface area (Å²) in [5.74, 6) is -1.01. The molecule has 0 aliphatic carbocycles. The fourth-order valence-electron chi connectivity index (χ4n) is 3.05. The lowest BCUT2D eigenvalue weighted by Gasteiger charge is -2.22. The van der Waals surface area contributed by atoms with Gasteiger partial charge in [0.25, 0.3) is 0 Å². The van der Waals surface area contributed by atoms with E-state index in [-0.39, 0.29) is 17.2 Å². The van der Waals surface area contributed by atoms with Gasteiger partial charge in [0.1, 0.15) is 6.04 Å². The van der Waals surface area contributed by atoms with Gasteiger partial charge < -0.3 is 4.74 Å². The maximum absolute atomic E-state index is 12.9. The van der Waals surface area contributed by atoms with E-state index in [0.717, 1.165) is 5.56 Å². The van der Waals surface area contributed by atoms with E-state index in [2.05, 4.69) is 0 Å². The highest BCUT2D eigenvalue weighted by molar-refractivity contribution is 7.89. The van der Waals surface area contributed by atoms with Crippen molar-refractivity contribution in [3.63, 3.8) is 0 Å². The van der Waals surface area contributed by atoms with Crippen molar-refractivity contribution in [1.29, 1.82) is 0 Å². The van der Waals surface area contributed by atoms with E-state index in [1.54, 1.807) is 42.5 Å². The third-order valence-electron chi connectivity index (χ3n) is 4.54. The predicted octanol–water partition coefficient (Wildman–Crippen LogP) is 2.57. The molecule has 142 valence electrons. The first kappa shape index (κ1) is 19.3. The van der Waals surface area contributed by atoms with Crippen molar-refractivity contribution in [3.8, 4) is 0 Å². The van der Waals surface area contributed by atoms with Crippen LogP contribution in [0.25, 0.3) is 0 Å². The Morgan fingerprint density at radius 3 is 2.41 bits per heavy atom. The van der Waals surface area contributed by atoms with Crippen molar-refractivity contribution < 1.29 is 22.7 Å². The van der Waals surface area contributed by atoms with E-state index in [1.165, 1.54) is 16.4 Å². The molecule has 0 N–H and O–H groups in total. The smallest absolute Gasteiger partial charge is 0.324 e. The Morgan fingerprint density at radius 1 is 1.07 bits per heavy atom. The molecule has 0 aromatic heterocycles. The third-order valence-corrected chi connectivity index (χ3v) is 6.47. The van der Waals surface area contributed by atoms with Crippen LogP contribution < -0.4 is 0 Å². The van der Waals surface area contributed by atoms with Gasteiger partial charge in [-0.2, -0.15) is 4.31 Å². The van der Waals surface area contributed by atoms with Gasteiger partial charge in [0.2, 0.25) is 10.0 Å². The highest BCUT2D eigenvalue weighted by Crippen LogP contribution is 2.27. The van der Waals surface area contributed by atoms with Crippen LogP contribution >= 0.6 is 0 Å². The number of esters is 1. The number of rotatable bonds is 6. The minimum atomic E-state index is -3.79. The topological polar surface area (TPSA) is 80.8 Å². The SMILES string of the molecule is Cc1ccc(S(=O)(=O)N2CCC[C@H]2C(=O)OCC(=O)c2ccccc2)cc1. The van der Waals surface area contributed by atoms with Crippen molar-refractivity contribution >= 4 is 21.8 Å². The Labute approximate surface area is 158 Å². The largest absolute Gasteiger partial charge is 0.456 e. The Balaban J connectivity index is 1.69. The van der Waals surface area contributed by atoms with Crippen molar-refractivity contribution in [3.05, 3.63) is 65.7 Å². The summed E-state index contributed by atoms with van der Waals surface area (Å²) >= 11 is 0. The molecule has 0 spiro atoms. The van der Waals surface area contributed by atoms with Gasteiger partial charge >= 0.3 is 5.97 Å². The molecule has 0 bridgehead atoms. The van der Waals surface area contributed by atoms with Crippen molar-refractivity contribution in [2.75, 3.05) is 13.2 Å². The zero-order chi connectivity index (χ0) is 19.4. The summed E-state index contributed by atoms with van der Waals surface area (Å²) in [6, 6.07) is 14.1. The molecule has 6 nitrogen and oxygen atoms in total. The lowest BCUT2D eigenvalue weighted by Crippen LogP contribution is -2.41. The first-order valence-electron chi connectivity index (χ1n) is 8.73. The summed E-state index contributed by atoms with van der Waals surface area (Å²) in [6.45, 7) is 1.72. The second kappa shape index (κ2) is 8.02. The number of carbonyl (C=O) groups excluding carboxylic acids is 2. The number of carbonyl (C=O) groups is 2. The lowest BCUT2D eigenvalue weighted by molar-refractivity contribution is -0.146. The molecule has 27 heavy (non-hydrogen) atoms. The van der Waals surface area contributed by atoms with Crippen LogP contribution in [0.2, 0.25) is 0 Å². The van der Waals surface area contributed by atoms with Crippen LogP contribution in [-0.2, 0) is 19.6 Å². The van der Waals surface area contributed by atoms with Gasteiger partial charge in [0.15, 0.2) is 12.4 Å². The Morgan fingerprint density at radius 2 is 1.74 bits per heavy atom. The van der Waals surface area contributed by atoms with Gasteiger partial charge in [0, 0.05) is 12.1 Å². The lowest BCUT2D eigenvalue weighted by atomic mass is 10.1. The molecule has 2 aromatic carbocycles. The molecule has 0 radical (unpaired) electrons. The van der Waals surface area contributed by atoms with E-state index in [0.29, 0.717) is 18.4 Å². The van der Waals surface area contributed by atoms with E-state index in [9.17, 15) is 18.0 Å². The number of aryl methyl sites for hydroxylation is 1. The molecule has 0 unspecified atom stereocenters. The van der Waals surface area contributed by atoms with Gasteiger partial charge in [-0.25, -0.2) is 8.42 Å². The van der Waals surface area contributed by atoms with Gasteiger partial charge in [-0.15, -0.1) is 0 Å². The quantitative estimate of drug-likeness (QED) is 0.562. The monoisotopic (exact) mass is 387 g/mol. The second-order valence-electron chi connectivity index (χ2n) is 6.48. The first-order chi connectivity index (χ1) is 12.9. The van der Waals surface area contributed by atoms with Crippen LogP contribution in [0.15, 0.2) is 59.5 Å². The molecule has 2 aromatic rings. The van der Waals surface area contributed by atoms with Gasteiger partial charge in [-0.1, -0.05) is 48.0 Å². The first-order valence-corrected chi connectivity index (χ1v) is 10.2. The van der Waals surface area contributed by atoms with E-state index < -0.39 is 28.6 Å². The molecule has 7 heteroatoms. The summed E-state index contributed by atoms with van der Waals surface area (Å²) in [4.78, 5) is 24.7. The molecule has 1 atom stereocenters. The van der Waals surface area contributed by atoms with Crippen molar-refractivity contribution in [2.24, 2.45) is 0 Å². The highest BCUT2D eigenvalue weighted by Gasteiger charge is 2.40. The number of hydrogen-bond donors (Lipinski definition) is 0. The molecule has 1 aliphatic heterocycles. The molecule has 1 saturated heterocycles. The zero-order valence-electron chi connectivity index (χ0n) is 15.0. The standard InChI is InChI=1S/C20H21NO5S/c1-15-9-11-17(12-10-15)27(24,25)21-13-5-8-18(21)20(23)26-14-19(22)16-6-3-2-4-7-16/h2-4,6-7,9-12,18H,5,8,13-14H2,1H3/t18-/m0/s1. The summed E-state index contributed by atoms with van der Waals surface area (Å²) in [5, 5.41) is 0. The molecule has 1 aliphatic rings. The van der Waals surface area contributed by atoms with Crippen LogP contribution in [0.3, 0.4) is 0 Å².